The van der Waals surface area contributed by atoms with E-state index < -0.39 is 20.8 Å². The van der Waals surface area contributed by atoms with Gasteiger partial charge in [0.05, 0.1) is 0 Å². The zero-order valence-electron chi connectivity index (χ0n) is 6.55. The van der Waals surface area contributed by atoms with Gasteiger partial charge in [0.2, 0.25) is 5.78 Å². The van der Waals surface area contributed by atoms with Gasteiger partial charge in [-0.1, -0.05) is 6.08 Å². The molecule has 1 rings (SSSR count). The van der Waals surface area contributed by atoms with E-state index in [1.165, 1.54) is 6.08 Å². The summed E-state index contributed by atoms with van der Waals surface area (Å²) in [6, 6.07) is 0. The van der Waals surface area contributed by atoms with Gasteiger partial charge < -0.3 is 0 Å². The Bertz CT molecular complexity index is 474. The molecule has 0 saturated heterocycles. The quantitative estimate of drug-likeness (QED) is 0.301. The number of Topliss-reactive ketones (excluding diaryl/α,β-unsaturated/α-hetero) is 1. The van der Waals surface area contributed by atoms with Gasteiger partial charge in [0.15, 0.2) is 0 Å². The van der Waals surface area contributed by atoms with Crippen molar-refractivity contribution in [3.05, 3.63) is 23.9 Å². The number of halogens is 1. The van der Waals surface area contributed by atoms with Crippen LogP contribution < -0.4 is 0 Å². The average Bonchev–Trinajstić information content (AvgIpc) is 2.06. The molecule has 0 aromatic carbocycles. The summed E-state index contributed by atoms with van der Waals surface area (Å²) in [5, 5.41) is 3.03. The molecule has 0 aromatic rings. The molecule has 1 aliphatic carbocycles. The van der Waals surface area contributed by atoms with Crippen LogP contribution in [0.1, 0.15) is 0 Å². The van der Waals surface area contributed by atoms with Crippen molar-refractivity contribution >= 4 is 31.5 Å². The number of hydrogen-bond acceptors (Lipinski definition) is 5. The third kappa shape index (κ3) is 2.86. The van der Waals surface area contributed by atoms with Gasteiger partial charge in [0.25, 0.3) is 5.78 Å². The van der Waals surface area contributed by atoms with Crippen molar-refractivity contribution in [2.75, 3.05) is 0 Å². The lowest BCUT2D eigenvalue weighted by Crippen LogP contribution is -2.14. The Morgan fingerprint density at radius 2 is 1.93 bits per heavy atom. The molecule has 0 aromatic heterocycles. The first-order valence-corrected chi connectivity index (χ1v) is 5.51. The minimum atomic E-state index is -4.16. The number of ketones is 2. The molecular weight excluding hydrogens is 232 g/mol. The van der Waals surface area contributed by atoms with Crippen molar-refractivity contribution < 1.29 is 18.0 Å². The predicted octanol–water partition coefficient (Wildman–Crippen LogP) is 0.514. The summed E-state index contributed by atoms with van der Waals surface area (Å²) in [4.78, 5) is 21.7. The smallest absolute Gasteiger partial charge is 0.285 e. The fourth-order valence-corrected chi connectivity index (χ4v) is 0.954. The van der Waals surface area contributed by atoms with Gasteiger partial charge in [-0.25, -0.2) is 0 Å². The van der Waals surface area contributed by atoms with E-state index in [1.54, 1.807) is 0 Å². The average molecular weight is 235 g/mol. The molecule has 0 saturated carbocycles. The number of hydrogen-bond donors (Lipinski definition) is 0. The Labute approximate surface area is 83.5 Å². The van der Waals surface area contributed by atoms with E-state index >= 15 is 0 Å². The molecule has 0 N–H and O–H groups in total. The van der Waals surface area contributed by atoms with Crippen molar-refractivity contribution in [3.8, 4) is 0 Å². The molecule has 0 fully saturated rings. The summed E-state index contributed by atoms with van der Waals surface area (Å²) < 4.78 is 23.3. The zero-order chi connectivity index (χ0) is 10.8. The third-order valence-corrected chi connectivity index (χ3v) is 1.67. The highest BCUT2D eigenvalue weighted by Crippen LogP contribution is 2.09. The molecule has 0 spiro atoms. The Morgan fingerprint density at radius 1 is 1.29 bits per heavy atom. The Kier molecular flexibility index (Phi) is 2.92. The second-order valence-electron chi connectivity index (χ2n) is 2.20. The minimum Gasteiger partial charge on any atom is -0.285 e. The molecule has 0 unspecified atom stereocenters. The first-order chi connectivity index (χ1) is 6.40. The van der Waals surface area contributed by atoms with Crippen LogP contribution in [0, 0.1) is 0 Å². The fourth-order valence-electron chi connectivity index (χ4n) is 0.676. The molecule has 14 heavy (non-hydrogen) atoms. The maximum absolute atomic E-state index is 11.0. The van der Waals surface area contributed by atoms with Crippen molar-refractivity contribution in [3.63, 3.8) is 0 Å². The van der Waals surface area contributed by atoms with E-state index in [0.29, 0.717) is 0 Å². The molecule has 0 bridgehead atoms. The second-order valence-corrected chi connectivity index (χ2v) is 4.36. The third-order valence-electron chi connectivity index (χ3n) is 1.20. The second kappa shape index (κ2) is 3.81. The fraction of sp³-hybridized carbons (Fsp3) is 0. The molecular formula is C6H3ClN2O4S. The van der Waals surface area contributed by atoms with Gasteiger partial charge >= 0.3 is 9.24 Å². The molecule has 0 atom stereocenters. The van der Waals surface area contributed by atoms with Crippen LogP contribution in [-0.2, 0) is 18.8 Å². The number of carbonyl (C=O) groups excluding carboxylic acids is 2. The SMILES string of the molecule is O=C1C=CC=C(N=NS(=O)(=O)Cl)C1=O. The molecule has 0 radical (unpaired) electrons. The Morgan fingerprint density at radius 3 is 2.50 bits per heavy atom. The number of carbonyl (C=O) groups is 2. The summed E-state index contributed by atoms with van der Waals surface area (Å²) >= 11 is 0. The van der Waals surface area contributed by atoms with Crippen LogP contribution in [0.4, 0.5) is 0 Å². The van der Waals surface area contributed by atoms with Gasteiger partial charge in [-0.3, -0.25) is 9.59 Å². The summed E-state index contributed by atoms with van der Waals surface area (Å²) in [5.74, 6) is -1.70. The van der Waals surface area contributed by atoms with E-state index in [2.05, 4.69) is 9.63 Å². The number of rotatable bonds is 2. The van der Waals surface area contributed by atoms with Crippen LogP contribution in [0.15, 0.2) is 33.6 Å². The van der Waals surface area contributed by atoms with E-state index in [9.17, 15) is 18.0 Å². The lowest BCUT2D eigenvalue weighted by atomic mass is 10.1. The van der Waals surface area contributed by atoms with Gasteiger partial charge in [-0.2, -0.15) is 8.42 Å². The van der Waals surface area contributed by atoms with Crippen LogP contribution in [0.2, 0.25) is 0 Å². The van der Waals surface area contributed by atoms with Crippen LogP contribution in [-0.4, -0.2) is 20.0 Å². The lowest BCUT2D eigenvalue weighted by molar-refractivity contribution is -0.131. The summed E-state index contributed by atoms with van der Waals surface area (Å²) in [5.41, 5.74) is -0.360. The van der Waals surface area contributed by atoms with Crippen LogP contribution in [0.25, 0.3) is 0 Å². The zero-order valence-corrected chi connectivity index (χ0v) is 8.12. The maximum atomic E-state index is 11.0. The Balaban J connectivity index is 2.96. The van der Waals surface area contributed by atoms with Gasteiger partial charge in [0.1, 0.15) is 5.70 Å². The maximum Gasteiger partial charge on any atom is 0.357 e. The first kappa shape index (κ1) is 10.7. The number of nitrogens with zero attached hydrogens (tertiary/aromatic N) is 2. The van der Waals surface area contributed by atoms with Crippen molar-refractivity contribution in [1.82, 2.24) is 0 Å². The van der Waals surface area contributed by atoms with Crippen molar-refractivity contribution in [2.45, 2.75) is 0 Å². The summed E-state index contributed by atoms with van der Waals surface area (Å²) in [7, 11) is 0.545. The monoisotopic (exact) mass is 234 g/mol. The van der Waals surface area contributed by atoms with E-state index in [-0.39, 0.29) is 5.70 Å². The van der Waals surface area contributed by atoms with Crippen molar-refractivity contribution in [2.24, 2.45) is 9.63 Å². The Hall–Kier alpha value is -1.34. The highest BCUT2D eigenvalue weighted by atomic mass is 35.7. The highest BCUT2D eigenvalue weighted by Gasteiger charge is 2.19. The van der Waals surface area contributed by atoms with Crippen molar-refractivity contribution in [1.29, 1.82) is 0 Å². The lowest BCUT2D eigenvalue weighted by Gasteiger charge is -1.98. The largest absolute Gasteiger partial charge is 0.357 e. The summed E-state index contributed by atoms with van der Waals surface area (Å²) in [6.07, 6.45) is 3.46. The van der Waals surface area contributed by atoms with Gasteiger partial charge in [-0.15, -0.1) is 5.11 Å². The number of allylic oxidation sites excluding steroid dienone is 4. The highest BCUT2D eigenvalue weighted by molar-refractivity contribution is 8.12. The molecule has 74 valence electrons. The summed E-state index contributed by atoms with van der Waals surface area (Å²) in [6.45, 7) is 0. The molecule has 0 amide bonds. The predicted molar refractivity (Wildman–Crippen MR) is 46.9 cm³/mol. The van der Waals surface area contributed by atoms with Gasteiger partial charge in [-0.05, 0) is 16.7 Å². The molecule has 6 nitrogen and oxygen atoms in total. The molecule has 1 aliphatic rings. The van der Waals surface area contributed by atoms with E-state index in [4.69, 9.17) is 10.7 Å². The molecule has 0 aliphatic heterocycles. The molecule has 0 heterocycles. The first-order valence-electron chi connectivity index (χ1n) is 3.25. The van der Waals surface area contributed by atoms with E-state index in [1.807, 2.05) is 0 Å². The van der Waals surface area contributed by atoms with E-state index in [0.717, 1.165) is 12.2 Å². The van der Waals surface area contributed by atoms with Crippen LogP contribution in [0.3, 0.4) is 0 Å². The van der Waals surface area contributed by atoms with Gasteiger partial charge in [0, 0.05) is 10.7 Å². The standard InChI is InChI=1S/C6H3ClN2O4S/c7-14(12,13)9-8-4-2-1-3-5(10)6(4)11/h1-3H. The molecule has 8 heteroatoms. The van der Waals surface area contributed by atoms with Crippen LogP contribution >= 0.6 is 10.7 Å². The van der Waals surface area contributed by atoms with Crippen LogP contribution in [0.5, 0.6) is 0 Å². The minimum absolute atomic E-state index is 0.360. The topological polar surface area (TPSA) is 93.0 Å². The normalized spacial score (nSPS) is 17.6.